The highest BCUT2D eigenvalue weighted by Gasteiger charge is 2.25. The van der Waals surface area contributed by atoms with E-state index >= 15 is 0 Å². The summed E-state index contributed by atoms with van der Waals surface area (Å²) in [6, 6.07) is 8.35. The van der Waals surface area contributed by atoms with Gasteiger partial charge in [-0.15, -0.1) is 0 Å². The Morgan fingerprint density at radius 3 is 2.84 bits per heavy atom. The highest BCUT2D eigenvalue weighted by molar-refractivity contribution is 6.33. The lowest BCUT2D eigenvalue weighted by atomic mass is 9.88. The summed E-state index contributed by atoms with van der Waals surface area (Å²) in [5, 5.41) is 7.49. The van der Waals surface area contributed by atoms with E-state index in [1.54, 1.807) is 6.20 Å². The van der Waals surface area contributed by atoms with Crippen molar-refractivity contribution in [2.45, 2.75) is 51.5 Å². The Labute approximate surface area is 195 Å². The molecule has 0 radical (unpaired) electrons. The number of aromatic nitrogens is 2. The van der Waals surface area contributed by atoms with Crippen molar-refractivity contribution in [3.8, 4) is 11.3 Å². The van der Waals surface area contributed by atoms with Gasteiger partial charge in [0, 0.05) is 62.1 Å². The summed E-state index contributed by atoms with van der Waals surface area (Å²) in [4.78, 5) is 22.0. The van der Waals surface area contributed by atoms with Crippen LogP contribution in [0.5, 0.6) is 0 Å². The molecule has 0 amide bonds. The van der Waals surface area contributed by atoms with Crippen LogP contribution in [-0.2, 0) is 16.0 Å². The number of hydrogen-bond acceptors (Lipinski definition) is 6. The first-order chi connectivity index (χ1) is 15.6. The Kier molecular flexibility index (Phi) is 8.11. The molecule has 2 aromatic rings. The molecule has 2 aliphatic rings. The summed E-state index contributed by atoms with van der Waals surface area (Å²) < 4.78 is 5.44. The number of Topliss-reactive ketones (excluding diaryl/α,β-unsaturated/α-hetero) is 1. The first kappa shape index (κ1) is 23.1. The van der Waals surface area contributed by atoms with Gasteiger partial charge in [-0.05, 0) is 56.2 Å². The zero-order valence-electron chi connectivity index (χ0n) is 18.8. The number of carbonyl (C=O) groups is 1. The number of anilines is 1. The number of pyridine rings is 2. The number of nitrogens with zero attached hydrogens (tertiary/aromatic N) is 2. The predicted molar refractivity (Wildman–Crippen MR) is 128 cm³/mol. The molecule has 172 valence electrons. The Morgan fingerprint density at radius 1 is 1.25 bits per heavy atom. The summed E-state index contributed by atoms with van der Waals surface area (Å²) in [7, 11) is 0. The molecule has 0 spiro atoms. The molecule has 2 aliphatic heterocycles. The summed E-state index contributed by atoms with van der Waals surface area (Å²) in [6.07, 6.45) is 7.24. The molecule has 2 atom stereocenters. The fraction of sp³-hybridized carbons (Fsp3) is 0.560. The summed E-state index contributed by atoms with van der Waals surface area (Å²) >= 11 is 6.47. The van der Waals surface area contributed by atoms with E-state index in [1.807, 2.05) is 24.3 Å². The highest BCUT2D eigenvalue weighted by Crippen LogP contribution is 2.28. The number of nitrogens with one attached hydrogen (secondary N) is 2. The molecular weight excluding hydrogens is 424 g/mol. The van der Waals surface area contributed by atoms with Gasteiger partial charge in [0.15, 0.2) is 0 Å². The molecule has 4 heterocycles. The molecule has 0 aromatic carbocycles. The summed E-state index contributed by atoms with van der Waals surface area (Å²) in [5.41, 5.74) is 2.34. The van der Waals surface area contributed by atoms with Gasteiger partial charge in [0.05, 0.1) is 10.7 Å². The van der Waals surface area contributed by atoms with Gasteiger partial charge in [0.25, 0.3) is 0 Å². The zero-order valence-corrected chi connectivity index (χ0v) is 19.5. The minimum Gasteiger partial charge on any atom is -0.381 e. The van der Waals surface area contributed by atoms with Crippen LogP contribution in [0.25, 0.3) is 11.3 Å². The second kappa shape index (κ2) is 11.2. The van der Waals surface area contributed by atoms with Crippen molar-refractivity contribution in [1.29, 1.82) is 0 Å². The van der Waals surface area contributed by atoms with Crippen LogP contribution in [0, 0.1) is 11.8 Å². The summed E-state index contributed by atoms with van der Waals surface area (Å²) in [5.74, 6) is 1.75. The van der Waals surface area contributed by atoms with Gasteiger partial charge in [-0.1, -0.05) is 24.6 Å². The van der Waals surface area contributed by atoms with E-state index in [0.717, 1.165) is 81.2 Å². The van der Waals surface area contributed by atoms with Crippen molar-refractivity contribution in [3.63, 3.8) is 0 Å². The third-order valence-corrected chi connectivity index (χ3v) is 6.97. The van der Waals surface area contributed by atoms with Gasteiger partial charge in [0.2, 0.25) is 0 Å². The second-order valence-electron chi connectivity index (χ2n) is 8.93. The van der Waals surface area contributed by atoms with Crippen molar-refractivity contribution >= 4 is 23.2 Å². The SMILES string of the molecule is CC[C@H]1CC[C@@H](C(=O)Cc2cc(-c3cccc(NCC4CCOCC4)n3)c(Cl)cn2)CN1. The molecule has 2 N–H and O–H groups in total. The van der Waals surface area contributed by atoms with Crippen LogP contribution in [-0.4, -0.2) is 48.1 Å². The molecule has 0 saturated carbocycles. The third kappa shape index (κ3) is 6.06. The number of carbonyl (C=O) groups excluding carboxylic acids is 1. The van der Waals surface area contributed by atoms with Crippen molar-refractivity contribution < 1.29 is 9.53 Å². The van der Waals surface area contributed by atoms with Crippen molar-refractivity contribution in [2.24, 2.45) is 11.8 Å². The number of hydrogen-bond donors (Lipinski definition) is 2. The summed E-state index contributed by atoms with van der Waals surface area (Å²) in [6.45, 7) is 5.51. The maximum absolute atomic E-state index is 12.8. The van der Waals surface area contributed by atoms with Crippen LogP contribution >= 0.6 is 11.6 Å². The maximum Gasteiger partial charge on any atom is 0.143 e. The first-order valence-electron chi connectivity index (χ1n) is 11.8. The lowest BCUT2D eigenvalue weighted by molar-refractivity contribution is -0.122. The monoisotopic (exact) mass is 456 g/mol. The van der Waals surface area contributed by atoms with Crippen molar-refractivity contribution in [1.82, 2.24) is 15.3 Å². The average molecular weight is 457 g/mol. The van der Waals surface area contributed by atoms with Crippen molar-refractivity contribution in [2.75, 3.05) is 31.6 Å². The average Bonchev–Trinajstić information content (AvgIpc) is 2.85. The molecule has 2 fully saturated rings. The minimum atomic E-state index is 0.0644. The fourth-order valence-corrected chi connectivity index (χ4v) is 4.72. The molecule has 2 saturated heterocycles. The minimum absolute atomic E-state index is 0.0644. The highest BCUT2D eigenvalue weighted by atomic mass is 35.5. The largest absolute Gasteiger partial charge is 0.381 e. The molecule has 0 bridgehead atoms. The van der Waals surface area contributed by atoms with E-state index in [-0.39, 0.29) is 11.7 Å². The number of halogens is 1. The van der Waals surface area contributed by atoms with Gasteiger partial charge in [-0.2, -0.15) is 0 Å². The molecule has 7 heteroatoms. The topological polar surface area (TPSA) is 76.1 Å². The Balaban J connectivity index is 1.41. The molecule has 2 aromatic heterocycles. The lowest BCUT2D eigenvalue weighted by Crippen LogP contribution is -2.41. The van der Waals surface area contributed by atoms with Crippen LogP contribution < -0.4 is 10.6 Å². The van der Waals surface area contributed by atoms with Crippen LogP contribution in [0.1, 0.15) is 44.7 Å². The quantitative estimate of drug-likeness (QED) is 0.608. The van der Waals surface area contributed by atoms with Crippen LogP contribution in [0.15, 0.2) is 30.5 Å². The van der Waals surface area contributed by atoms with Gasteiger partial charge in [-0.25, -0.2) is 4.98 Å². The van der Waals surface area contributed by atoms with E-state index < -0.39 is 0 Å². The van der Waals surface area contributed by atoms with E-state index in [9.17, 15) is 4.79 Å². The Hall–Kier alpha value is -2.02. The van der Waals surface area contributed by atoms with Gasteiger partial charge < -0.3 is 15.4 Å². The maximum atomic E-state index is 12.8. The van der Waals surface area contributed by atoms with Gasteiger partial charge in [0.1, 0.15) is 11.6 Å². The van der Waals surface area contributed by atoms with E-state index in [0.29, 0.717) is 23.4 Å². The molecule has 0 unspecified atom stereocenters. The normalized spacial score (nSPS) is 21.9. The lowest BCUT2D eigenvalue weighted by Gasteiger charge is -2.28. The van der Waals surface area contributed by atoms with E-state index in [1.165, 1.54) is 0 Å². The molecule has 0 aliphatic carbocycles. The Bertz CT molecular complexity index is 909. The number of ether oxygens (including phenoxy) is 1. The van der Waals surface area contributed by atoms with E-state index in [2.05, 4.69) is 22.5 Å². The molecule has 6 nitrogen and oxygen atoms in total. The number of ketones is 1. The standard InChI is InChI=1S/C25H33ClN4O2/c1-2-19-7-6-18(15-27-19)24(31)13-20-12-21(22(26)16-28-20)23-4-3-5-25(30-23)29-14-17-8-10-32-11-9-17/h3-5,12,16-19,27H,2,6-11,13-15H2,1H3,(H,29,30)/t18-,19+/m1/s1. The third-order valence-electron chi connectivity index (χ3n) is 6.67. The van der Waals surface area contributed by atoms with Crippen LogP contribution in [0.3, 0.4) is 0 Å². The number of piperidine rings is 1. The molecule has 4 rings (SSSR count). The molecule has 32 heavy (non-hydrogen) atoms. The number of rotatable bonds is 8. The zero-order chi connectivity index (χ0) is 22.3. The Morgan fingerprint density at radius 2 is 2.09 bits per heavy atom. The fourth-order valence-electron chi connectivity index (χ4n) is 4.52. The molecular formula is C25H33ClN4O2. The van der Waals surface area contributed by atoms with Crippen molar-refractivity contribution in [3.05, 3.63) is 41.2 Å². The van der Waals surface area contributed by atoms with Gasteiger partial charge >= 0.3 is 0 Å². The predicted octanol–water partition coefficient (Wildman–Crippen LogP) is 4.53. The van der Waals surface area contributed by atoms with Gasteiger partial charge in [-0.3, -0.25) is 9.78 Å². The smallest absolute Gasteiger partial charge is 0.143 e. The van der Waals surface area contributed by atoms with E-state index in [4.69, 9.17) is 21.3 Å². The first-order valence-corrected chi connectivity index (χ1v) is 12.2. The second-order valence-corrected chi connectivity index (χ2v) is 9.34. The van der Waals surface area contributed by atoms with Crippen LogP contribution in [0.4, 0.5) is 5.82 Å². The van der Waals surface area contributed by atoms with Crippen LogP contribution in [0.2, 0.25) is 5.02 Å².